The number of hydrogen-bond donors (Lipinski definition) is 4. The lowest BCUT2D eigenvalue weighted by molar-refractivity contribution is -0.142. The minimum absolute atomic E-state index is 0.0766. The molecule has 4 rings (SSSR count). The largest absolute Gasteiger partial charge is 0.481 e. The van der Waals surface area contributed by atoms with Gasteiger partial charge in [-0.3, -0.25) is 4.79 Å². The van der Waals surface area contributed by atoms with E-state index in [1.165, 1.54) is 64.7 Å². The first-order valence-electron chi connectivity index (χ1n) is 15.7. The number of aliphatic hydroxyl groups excluding tert-OH is 2. The van der Waals surface area contributed by atoms with Crippen molar-refractivity contribution in [1.29, 1.82) is 0 Å². The molecule has 2 unspecified atom stereocenters. The SMILES string of the molecule is CC(C)CCCC(C)[C@H]1CC[C@H]2[C@@H]3CC=C4C[C@@H](O)CC[C@]4(C)[C@H]3CC[C@]12C.CC(O)(CCO)CC(=O)O. The van der Waals surface area contributed by atoms with Gasteiger partial charge in [-0.05, 0) is 111 Å². The number of carboxylic acid groups (broad SMARTS) is 1. The maximum Gasteiger partial charge on any atom is 0.306 e. The first-order chi connectivity index (χ1) is 17.7. The molecular formula is C33H58O5. The molecular weight excluding hydrogens is 476 g/mol. The fourth-order valence-electron chi connectivity index (χ4n) is 9.32. The number of carboxylic acids is 1. The maximum atomic E-state index is 10.2. The highest BCUT2D eigenvalue weighted by Gasteiger charge is 2.59. The summed E-state index contributed by atoms with van der Waals surface area (Å²) in [5, 5.41) is 35.9. The van der Waals surface area contributed by atoms with E-state index < -0.39 is 11.6 Å². The Kier molecular flexibility index (Phi) is 10.6. The van der Waals surface area contributed by atoms with Crippen molar-refractivity contribution in [2.45, 2.75) is 137 Å². The molecule has 220 valence electrons. The van der Waals surface area contributed by atoms with Crippen molar-refractivity contribution in [3.63, 3.8) is 0 Å². The standard InChI is InChI=1S/C27H46O.C6H12O4/c1-18(2)7-6-8-19(3)23-11-12-24-22-10-9-20-17-21(28)13-15-26(20,4)25(22)14-16-27(23,24)5;1-6(10,2-3-7)4-5(8)9/h9,18-19,21-25,28H,6-8,10-17H2,1-5H3;7,10H,2-4H2,1H3,(H,8,9)/t19?,21-,22-,23+,24-,25-,26-,27+;/m0./s1. The molecule has 0 aromatic rings. The predicted molar refractivity (Wildman–Crippen MR) is 154 cm³/mol. The number of aliphatic hydroxyl groups is 3. The summed E-state index contributed by atoms with van der Waals surface area (Å²) in [4.78, 5) is 10.0. The molecule has 38 heavy (non-hydrogen) atoms. The van der Waals surface area contributed by atoms with Crippen molar-refractivity contribution in [2.24, 2.45) is 46.3 Å². The van der Waals surface area contributed by atoms with Gasteiger partial charge in [0.1, 0.15) is 0 Å². The zero-order valence-corrected chi connectivity index (χ0v) is 25.2. The van der Waals surface area contributed by atoms with Crippen LogP contribution in [0.15, 0.2) is 11.6 Å². The fourth-order valence-corrected chi connectivity index (χ4v) is 9.32. The lowest BCUT2D eigenvalue weighted by Gasteiger charge is -2.58. The first kappa shape index (κ1) is 31.6. The van der Waals surface area contributed by atoms with Gasteiger partial charge in [-0.2, -0.15) is 0 Å². The van der Waals surface area contributed by atoms with Gasteiger partial charge in [0.05, 0.1) is 18.1 Å². The van der Waals surface area contributed by atoms with E-state index in [4.69, 9.17) is 15.3 Å². The van der Waals surface area contributed by atoms with Crippen LogP contribution in [0.5, 0.6) is 0 Å². The van der Waals surface area contributed by atoms with Crippen LogP contribution in [0.2, 0.25) is 0 Å². The minimum Gasteiger partial charge on any atom is -0.481 e. The van der Waals surface area contributed by atoms with Crippen LogP contribution in [0.3, 0.4) is 0 Å². The number of carbonyl (C=O) groups is 1. The Morgan fingerprint density at radius 1 is 1.08 bits per heavy atom. The van der Waals surface area contributed by atoms with Gasteiger partial charge in [0.25, 0.3) is 0 Å². The molecule has 0 heterocycles. The third kappa shape index (κ3) is 7.04. The molecule has 0 radical (unpaired) electrons. The summed E-state index contributed by atoms with van der Waals surface area (Å²) >= 11 is 0. The van der Waals surface area contributed by atoms with Crippen molar-refractivity contribution in [2.75, 3.05) is 6.61 Å². The number of rotatable bonds is 9. The predicted octanol–water partition coefficient (Wildman–Crippen LogP) is 6.98. The molecule has 5 heteroatoms. The van der Waals surface area contributed by atoms with E-state index in [0.29, 0.717) is 10.8 Å². The van der Waals surface area contributed by atoms with Crippen LogP contribution in [0, 0.1) is 46.3 Å². The Labute approximate surface area is 232 Å². The molecule has 3 fully saturated rings. The summed E-state index contributed by atoms with van der Waals surface area (Å²) in [5.74, 6) is 4.40. The van der Waals surface area contributed by atoms with Gasteiger partial charge in [-0.15, -0.1) is 0 Å². The lowest BCUT2D eigenvalue weighted by Crippen LogP contribution is -2.50. The molecule has 0 saturated heterocycles. The quantitative estimate of drug-likeness (QED) is 0.239. The highest BCUT2D eigenvalue weighted by atomic mass is 16.4. The van der Waals surface area contributed by atoms with Crippen LogP contribution >= 0.6 is 0 Å². The maximum absolute atomic E-state index is 10.2. The molecule has 0 spiro atoms. The average Bonchev–Trinajstić information content (AvgIpc) is 3.16. The number of allylic oxidation sites excluding steroid dienone is 1. The minimum atomic E-state index is -1.28. The molecule has 0 aliphatic heterocycles. The van der Waals surface area contributed by atoms with Crippen LogP contribution in [0.1, 0.15) is 125 Å². The molecule has 3 saturated carbocycles. The zero-order chi connectivity index (χ0) is 28.3. The van der Waals surface area contributed by atoms with Gasteiger partial charge in [0.2, 0.25) is 0 Å². The van der Waals surface area contributed by atoms with Crippen molar-refractivity contribution in [3.8, 4) is 0 Å². The van der Waals surface area contributed by atoms with Crippen molar-refractivity contribution >= 4 is 5.97 Å². The van der Waals surface area contributed by atoms with E-state index in [1.807, 2.05) is 0 Å². The Morgan fingerprint density at radius 2 is 1.79 bits per heavy atom. The Balaban J connectivity index is 0.000000342. The molecule has 0 aromatic carbocycles. The number of aliphatic carboxylic acids is 1. The van der Waals surface area contributed by atoms with Crippen molar-refractivity contribution in [1.82, 2.24) is 0 Å². The smallest absolute Gasteiger partial charge is 0.306 e. The molecule has 0 bridgehead atoms. The van der Waals surface area contributed by atoms with Crippen LogP contribution in [-0.4, -0.2) is 44.7 Å². The van der Waals surface area contributed by atoms with E-state index in [-0.39, 0.29) is 25.6 Å². The van der Waals surface area contributed by atoms with E-state index >= 15 is 0 Å². The molecule has 4 aliphatic rings. The molecule has 5 nitrogen and oxygen atoms in total. The summed E-state index contributed by atoms with van der Waals surface area (Å²) in [6.07, 6.45) is 16.9. The number of hydrogen-bond acceptors (Lipinski definition) is 4. The second kappa shape index (κ2) is 12.7. The summed E-state index contributed by atoms with van der Waals surface area (Å²) in [6.45, 7) is 13.8. The highest BCUT2D eigenvalue weighted by Crippen LogP contribution is 2.67. The van der Waals surface area contributed by atoms with Gasteiger partial charge >= 0.3 is 5.97 Å². The normalized spacial score (nSPS) is 38.6. The van der Waals surface area contributed by atoms with Crippen LogP contribution in [0.25, 0.3) is 0 Å². The van der Waals surface area contributed by atoms with Gasteiger partial charge in [-0.25, -0.2) is 0 Å². The lowest BCUT2D eigenvalue weighted by atomic mass is 9.47. The highest BCUT2D eigenvalue weighted by molar-refractivity contribution is 5.67. The van der Waals surface area contributed by atoms with E-state index in [0.717, 1.165) is 48.3 Å². The monoisotopic (exact) mass is 534 g/mol. The van der Waals surface area contributed by atoms with E-state index in [2.05, 4.69) is 40.7 Å². The summed E-state index contributed by atoms with van der Waals surface area (Å²) in [5.41, 5.74) is 1.33. The molecule has 4 aliphatic carbocycles. The van der Waals surface area contributed by atoms with E-state index in [1.54, 1.807) is 5.57 Å². The summed E-state index contributed by atoms with van der Waals surface area (Å²) in [6, 6.07) is 0. The molecule has 4 N–H and O–H groups in total. The van der Waals surface area contributed by atoms with Crippen LogP contribution in [0.4, 0.5) is 0 Å². The Bertz CT molecular complexity index is 818. The zero-order valence-electron chi connectivity index (χ0n) is 25.2. The second-order valence-electron chi connectivity index (χ2n) is 14.7. The first-order valence-corrected chi connectivity index (χ1v) is 15.7. The summed E-state index contributed by atoms with van der Waals surface area (Å²) in [7, 11) is 0. The molecule has 9 atom stereocenters. The van der Waals surface area contributed by atoms with Gasteiger partial charge in [0.15, 0.2) is 0 Å². The average molecular weight is 535 g/mol. The third-order valence-corrected chi connectivity index (χ3v) is 11.5. The second-order valence-corrected chi connectivity index (χ2v) is 14.7. The topological polar surface area (TPSA) is 98.0 Å². The molecule has 0 amide bonds. The van der Waals surface area contributed by atoms with E-state index in [9.17, 15) is 9.90 Å². The third-order valence-electron chi connectivity index (χ3n) is 11.5. The number of fused-ring (bicyclic) bond motifs is 5. The van der Waals surface area contributed by atoms with Crippen LogP contribution in [-0.2, 0) is 4.79 Å². The fraction of sp³-hybridized carbons (Fsp3) is 0.909. The van der Waals surface area contributed by atoms with Gasteiger partial charge < -0.3 is 20.4 Å². The molecule has 0 aromatic heterocycles. The Hall–Kier alpha value is -0.910. The van der Waals surface area contributed by atoms with Gasteiger partial charge in [-0.1, -0.05) is 65.5 Å². The van der Waals surface area contributed by atoms with Crippen molar-refractivity contribution in [3.05, 3.63) is 11.6 Å². The van der Waals surface area contributed by atoms with Gasteiger partial charge in [0, 0.05) is 6.61 Å². The summed E-state index contributed by atoms with van der Waals surface area (Å²) < 4.78 is 0. The van der Waals surface area contributed by atoms with Crippen molar-refractivity contribution < 1.29 is 25.2 Å². The Morgan fingerprint density at radius 3 is 2.42 bits per heavy atom. The van der Waals surface area contributed by atoms with Crippen LogP contribution < -0.4 is 0 Å².